The lowest BCUT2D eigenvalue weighted by Crippen LogP contribution is -2.14. The van der Waals surface area contributed by atoms with Crippen LogP contribution < -0.4 is 0 Å². The summed E-state index contributed by atoms with van der Waals surface area (Å²) in [6.45, 7) is 8.45. The first-order valence-electron chi connectivity index (χ1n) is 6.54. The molecule has 0 unspecified atom stereocenters. The predicted octanol–water partition coefficient (Wildman–Crippen LogP) is 3.45. The molecule has 0 fully saturated rings. The molecule has 0 aliphatic heterocycles. The van der Waals surface area contributed by atoms with Crippen LogP contribution in [0.3, 0.4) is 0 Å². The van der Waals surface area contributed by atoms with E-state index in [9.17, 15) is 10.1 Å². The Bertz CT molecular complexity index is 639. The van der Waals surface area contributed by atoms with Gasteiger partial charge in [0.25, 0.3) is 5.69 Å². The van der Waals surface area contributed by atoms with Crippen molar-refractivity contribution in [3.63, 3.8) is 0 Å². The van der Waals surface area contributed by atoms with Gasteiger partial charge in [-0.15, -0.1) is 0 Å². The number of benzene rings is 1. The second-order valence-corrected chi connectivity index (χ2v) is 5.96. The van der Waals surface area contributed by atoms with Crippen molar-refractivity contribution in [3.05, 3.63) is 57.7 Å². The maximum atomic E-state index is 11.3. The molecule has 0 radical (unpaired) electrons. The Hall–Kier alpha value is -2.17. The maximum absolute atomic E-state index is 11.3. The molecule has 5 heteroatoms. The second-order valence-electron chi connectivity index (χ2n) is 5.96. The van der Waals surface area contributed by atoms with Crippen molar-refractivity contribution < 1.29 is 4.92 Å². The van der Waals surface area contributed by atoms with Crippen molar-refractivity contribution in [3.8, 4) is 0 Å². The molecular formula is C15H19N3O2. The van der Waals surface area contributed by atoms with Gasteiger partial charge in [-0.1, -0.05) is 32.9 Å². The van der Waals surface area contributed by atoms with E-state index in [1.54, 1.807) is 12.3 Å². The summed E-state index contributed by atoms with van der Waals surface area (Å²) in [6, 6.07) is 5.48. The number of hydrogen-bond donors (Lipinski definition) is 0. The predicted molar refractivity (Wildman–Crippen MR) is 77.9 cm³/mol. The zero-order valence-corrected chi connectivity index (χ0v) is 12.3. The molecule has 1 heterocycles. The van der Waals surface area contributed by atoms with Crippen molar-refractivity contribution >= 4 is 5.69 Å². The normalized spacial score (nSPS) is 11.6. The minimum Gasteiger partial charge on any atom is -0.331 e. The van der Waals surface area contributed by atoms with Gasteiger partial charge in [0.2, 0.25) is 0 Å². The Morgan fingerprint density at radius 2 is 2.05 bits per heavy atom. The standard InChI is InChI=1S/C15H19N3O2/c1-11-16-7-8-17(11)10-12-5-6-13(15(2,3)4)14(9-12)18(19)20/h5-9H,10H2,1-4H3. The molecule has 1 aromatic carbocycles. The minimum atomic E-state index is -0.301. The van der Waals surface area contributed by atoms with E-state index in [1.165, 1.54) is 0 Å². The quantitative estimate of drug-likeness (QED) is 0.635. The molecule has 0 atom stereocenters. The number of nitrogens with zero attached hydrogens (tertiary/aromatic N) is 3. The van der Waals surface area contributed by atoms with Gasteiger partial charge in [-0.2, -0.15) is 0 Å². The third-order valence-corrected chi connectivity index (χ3v) is 3.34. The first-order valence-corrected chi connectivity index (χ1v) is 6.54. The zero-order valence-electron chi connectivity index (χ0n) is 12.3. The molecule has 0 saturated carbocycles. The molecule has 2 aromatic rings. The number of nitro groups is 1. The van der Waals surface area contributed by atoms with E-state index in [2.05, 4.69) is 4.98 Å². The van der Waals surface area contributed by atoms with Gasteiger partial charge in [0.05, 0.1) is 4.92 Å². The smallest absolute Gasteiger partial charge is 0.273 e. The summed E-state index contributed by atoms with van der Waals surface area (Å²) in [5.74, 6) is 0.896. The van der Waals surface area contributed by atoms with E-state index < -0.39 is 0 Å². The molecule has 0 spiro atoms. The van der Waals surface area contributed by atoms with Crippen molar-refractivity contribution in [1.29, 1.82) is 0 Å². The highest BCUT2D eigenvalue weighted by Crippen LogP contribution is 2.32. The van der Waals surface area contributed by atoms with E-state index >= 15 is 0 Å². The summed E-state index contributed by atoms with van der Waals surface area (Å²) in [6.07, 6.45) is 3.60. The van der Waals surface area contributed by atoms with Gasteiger partial charge in [-0.05, 0) is 17.9 Å². The first-order chi connectivity index (χ1) is 9.29. The largest absolute Gasteiger partial charge is 0.331 e. The van der Waals surface area contributed by atoms with Gasteiger partial charge in [0.15, 0.2) is 0 Å². The molecule has 0 aliphatic carbocycles. The fourth-order valence-electron chi connectivity index (χ4n) is 2.23. The van der Waals surface area contributed by atoms with Crippen LogP contribution in [0.4, 0.5) is 5.69 Å². The van der Waals surface area contributed by atoms with Crippen LogP contribution in [0, 0.1) is 17.0 Å². The Labute approximate surface area is 118 Å². The molecule has 0 N–H and O–H groups in total. The third kappa shape index (κ3) is 2.87. The van der Waals surface area contributed by atoms with Crippen molar-refractivity contribution in [2.45, 2.75) is 39.7 Å². The number of rotatable bonds is 3. The summed E-state index contributed by atoms with van der Waals surface area (Å²) in [7, 11) is 0. The summed E-state index contributed by atoms with van der Waals surface area (Å²) in [5, 5.41) is 11.3. The summed E-state index contributed by atoms with van der Waals surface area (Å²) < 4.78 is 1.97. The molecule has 1 aromatic heterocycles. The molecule has 106 valence electrons. The number of imidazole rings is 1. The lowest BCUT2D eigenvalue weighted by Gasteiger charge is -2.19. The molecular weight excluding hydrogens is 254 g/mol. The highest BCUT2D eigenvalue weighted by Gasteiger charge is 2.24. The molecule has 0 aliphatic rings. The fourth-order valence-corrected chi connectivity index (χ4v) is 2.23. The monoisotopic (exact) mass is 273 g/mol. The fraction of sp³-hybridized carbons (Fsp3) is 0.400. The molecule has 20 heavy (non-hydrogen) atoms. The molecule has 0 bridgehead atoms. The second kappa shape index (κ2) is 5.07. The van der Waals surface area contributed by atoms with Crippen LogP contribution in [0.25, 0.3) is 0 Å². The van der Waals surface area contributed by atoms with E-state index in [-0.39, 0.29) is 16.0 Å². The van der Waals surface area contributed by atoms with Gasteiger partial charge in [0.1, 0.15) is 5.82 Å². The van der Waals surface area contributed by atoms with Crippen LogP contribution in [0.5, 0.6) is 0 Å². The minimum absolute atomic E-state index is 0.188. The van der Waals surface area contributed by atoms with Gasteiger partial charge in [0, 0.05) is 30.6 Å². The Kier molecular flexibility index (Phi) is 3.61. The van der Waals surface area contributed by atoms with Crippen molar-refractivity contribution in [2.75, 3.05) is 0 Å². The number of nitro benzene ring substituents is 1. The van der Waals surface area contributed by atoms with Gasteiger partial charge in [-0.25, -0.2) is 4.98 Å². The lowest BCUT2D eigenvalue weighted by atomic mass is 9.85. The van der Waals surface area contributed by atoms with Crippen LogP contribution in [-0.4, -0.2) is 14.5 Å². The summed E-state index contributed by atoms with van der Waals surface area (Å²) in [4.78, 5) is 15.1. The summed E-state index contributed by atoms with van der Waals surface area (Å²) in [5.41, 5.74) is 1.61. The van der Waals surface area contributed by atoms with Crippen LogP contribution in [0.2, 0.25) is 0 Å². The zero-order chi connectivity index (χ0) is 14.9. The Morgan fingerprint density at radius 3 is 2.55 bits per heavy atom. The Balaban J connectivity index is 2.41. The van der Waals surface area contributed by atoms with E-state index in [4.69, 9.17) is 0 Å². The third-order valence-electron chi connectivity index (χ3n) is 3.34. The average molecular weight is 273 g/mol. The number of hydrogen-bond acceptors (Lipinski definition) is 3. The van der Waals surface area contributed by atoms with Crippen LogP contribution >= 0.6 is 0 Å². The van der Waals surface area contributed by atoms with Crippen LogP contribution in [-0.2, 0) is 12.0 Å². The average Bonchev–Trinajstić information content (AvgIpc) is 2.73. The first kappa shape index (κ1) is 14.2. The van der Waals surface area contributed by atoms with Crippen molar-refractivity contribution in [2.24, 2.45) is 0 Å². The molecule has 2 rings (SSSR count). The highest BCUT2D eigenvalue weighted by molar-refractivity contribution is 5.47. The molecule has 0 saturated heterocycles. The number of aromatic nitrogens is 2. The molecule has 0 amide bonds. The molecule has 5 nitrogen and oxygen atoms in total. The van der Waals surface area contributed by atoms with Gasteiger partial charge >= 0.3 is 0 Å². The SMILES string of the molecule is Cc1nccn1Cc1ccc(C(C)(C)C)c([N+](=O)[O-])c1. The number of aryl methyl sites for hydroxylation is 1. The van der Waals surface area contributed by atoms with Gasteiger partial charge in [-0.3, -0.25) is 10.1 Å². The van der Waals surface area contributed by atoms with Crippen LogP contribution in [0.15, 0.2) is 30.6 Å². The maximum Gasteiger partial charge on any atom is 0.273 e. The van der Waals surface area contributed by atoms with E-state index in [0.29, 0.717) is 6.54 Å². The lowest BCUT2D eigenvalue weighted by molar-refractivity contribution is -0.386. The van der Waals surface area contributed by atoms with Crippen LogP contribution in [0.1, 0.15) is 37.7 Å². The van der Waals surface area contributed by atoms with E-state index in [1.807, 2.05) is 50.6 Å². The van der Waals surface area contributed by atoms with Gasteiger partial charge < -0.3 is 4.57 Å². The Morgan fingerprint density at radius 1 is 1.35 bits per heavy atom. The van der Waals surface area contributed by atoms with Crippen molar-refractivity contribution in [1.82, 2.24) is 9.55 Å². The summed E-state index contributed by atoms with van der Waals surface area (Å²) >= 11 is 0. The highest BCUT2D eigenvalue weighted by atomic mass is 16.6. The topological polar surface area (TPSA) is 61.0 Å². The van der Waals surface area contributed by atoms with E-state index in [0.717, 1.165) is 17.0 Å².